The van der Waals surface area contributed by atoms with Crippen LogP contribution in [0.2, 0.25) is 0 Å². The molecule has 112 valence electrons. The van der Waals surface area contributed by atoms with Gasteiger partial charge in [-0.05, 0) is 29.3 Å². The fourth-order valence-electron chi connectivity index (χ4n) is 1.92. The Morgan fingerprint density at radius 2 is 1.71 bits per heavy atom. The maximum atomic E-state index is 9.53. The van der Waals surface area contributed by atoms with Gasteiger partial charge in [0.05, 0.1) is 20.8 Å². The van der Waals surface area contributed by atoms with Gasteiger partial charge in [0.1, 0.15) is 11.5 Å². The fraction of sp³-hybridized carbons (Fsp3) is 0.250. The maximum absolute atomic E-state index is 9.53. The predicted octanol–water partition coefficient (Wildman–Crippen LogP) is 3.78. The molecule has 0 aliphatic carbocycles. The minimum absolute atomic E-state index is 0.00501. The first-order valence-corrected chi connectivity index (χ1v) is 7.89. The summed E-state index contributed by atoms with van der Waals surface area (Å²) in [5.74, 6) is 2.15. The van der Waals surface area contributed by atoms with Gasteiger partial charge in [-0.15, -0.1) is 0 Å². The Hall–Kier alpha value is -1.30. The van der Waals surface area contributed by atoms with Crippen molar-refractivity contribution in [2.75, 3.05) is 14.2 Å². The number of rotatable bonds is 6. The molecule has 5 heteroatoms. The van der Waals surface area contributed by atoms with Gasteiger partial charge in [-0.2, -0.15) is 12.6 Å². The van der Waals surface area contributed by atoms with Crippen molar-refractivity contribution in [2.45, 2.75) is 22.2 Å². The van der Waals surface area contributed by atoms with Crippen LogP contribution in [0.15, 0.2) is 46.2 Å². The lowest BCUT2D eigenvalue weighted by Gasteiger charge is -2.11. The summed E-state index contributed by atoms with van der Waals surface area (Å²) < 4.78 is 10.6. The van der Waals surface area contributed by atoms with Gasteiger partial charge in [-0.1, -0.05) is 23.9 Å². The van der Waals surface area contributed by atoms with Crippen molar-refractivity contribution >= 4 is 24.4 Å². The number of aliphatic hydroxyl groups excluding tert-OH is 1. The Morgan fingerprint density at radius 3 is 2.24 bits per heavy atom. The van der Waals surface area contributed by atoms with Gasteiger partial charge < -0.3 is 14.6 Å². The molecule has 0 spiro atoms. The van der Waals surface area contributed by atoms with E-state index in [9.17, 15) is 5.11 Å². The SMILES string of the molecule is COc1cc(OC)cc(Sc2ccc(CS)cc2CO)c1. The smallest absolute Gasteiger partial charge is 0.123 e. The third-order valence-electron chi connectivity index (χ3n) is 3.03. The lowest BCUT2D eigenvalue weighted by atomic mass is 10.1. The van der Waals surface area contributed by atoms with Crippen LogP contribution < -0.4 is 9.47 Å². The number of benzene rings is 2. The number of aliphatic hydroxyl groups is 1. The van der Waals surface area contributed by atoms with E-state index in [-0.39, 0.29) is 6.61 Å². The van der Waals surface area contributed by atoms with Crippen LogP contribution in [-0.4, -0.2) is 19.3 Å². The third kappa shape index (κ3) is 4.09. The number of hydrogen-bond acceptors (Lipinski definition) is 5. The normalized spacial score (nSPS) is 10.5. The minimum Gasteiger partial charge on any atom is -0.497 e. The molecule has 0 amide bonds. The van der Waals surface area contributed by atoms with E-state index in [1.807, 2.05) is 36.4 Å². The van der Waals surface area contributed by atoms with Crippen molar-refractivity contribution < 1.29 is 14.6 Å². The van der Waals surface area contributed by atoms with Crippen molar-refractivity contribution in [2.24, 2.45) is 0 Å². The van der Waals surface area contributed by atoms with Gasteiger partial charge in [-0.25, -0.2) is 0 Å². The first-order valence-electron chi connectivity index (χ1n) is 6.44. The van der Waals surface area contributed by atoms with Gasteiger partial charge >= 0.3 is 0 Å². The molecule has 1 N–H and O–H groups in total. The molecule has 0 atom stereocenters. The molecule has 0 aliphatic heterocycles. The summed E-state index contributed by atoms with van der Waals surface area (Å²) in [4.78, 5) is 2.01. The molecule has 0 unspecified atom stereocenters. The van der Waals surface area contributed by atoms with Crippen LogP contribution in [-0.2, 0) is 12.4 Å². The van der Waals surface area contributed by atoms with Crippen molar-refractivity contribution in [1.82, 2.24) is 0 Å². The highest BCUT2D eigenvalue weighted by Crippen LogP contribution is 2.35. The fourth-order valence-corrected chi connectivity index (χ4v) is 3.11. The van der Waals surface area contributed by atoms with E-state index in [2.05, 4.69) is 12.6 Å². The second kappa shape index (κ2) is 7.64. The molecule has 3 nitrogen and oxygen atoms in total. The van der Waals surface area contributed by atoms with Crippen molar-refractivity contribution in [3.05, 3.63) is 47.5 Å². The first kappa shape index (κ1) is 16.1. The molecular formula is C16H18O3S2. The van der Waals surface area contributed by atoms with Crippen LogP contribution in [0.1, 0.15) is 11.1 Å². The molecule has 0 heterocycles. The number of ether oxygens (including phenoxy) is 2. The van der Waals surface area contributed by atoms with Gasteiger partial charge in [-0.3, -0.25) is 0 Å². The molecule has 2 aromatic rings. The Morgan fingerprint density at radius 1 is 1.05 bits per heavy atom. The second-order valence-corrected chi connectivity index (χ2v) is 5.84. The summed E-state index contributed by atoms with van der Waals surface area (Å²) in [5.41, 5.74) is 1.99. The molecule has 0 saturated heterocycles. The second-order valence-electron chi connectivity index (χ2n) is 4.41. The lowest BCUT2D eigenvalue weighted by Crippen LogP contribution is -1.91. The van der Waals surface area contributed by atoms with Gasteiger partial charge in [0.25, 0.3) is 0 Å². The quantitative estimate of drug-likeness (QED) is 0.794. The minimum atomic E-state index is 0.00501. The van der Waals surface area contributed by atoms with E-state index in [1.54, 1.807) is 26.0 Å². The average molecular weight is 322 g/mol. The Kier molecular flexibility index (Phi) is 5.85. The van der Waals surface area contributed by atoms with Crippen LogP contribution in [0.4, 0.5) is 0 Å². The van der Waals surface area contributed by atoms with Crippen LogP contribution in [0.25, 0.3) is 0 Å². The molecule has 2 rings (SSSR count). The molecule has 0 aromatic heterocycles. The summed E-state index contributed by atoms with van der Waals surface area (Å²) in [7, 11) is 3.26. The van der Waals surface area contributed by atoms with Crippen molar-refractivity contribution in [1.29, 1.82) is 0 Å². The molecule has 0 radical (unpaired) electrons. The van der Waals surface area contributed by atoms with Crippen molar-refractivity contribution in [3.63, 3.8) is 0 Å². The highest BCUT2D eigenvalue weighted by molar-refractivity contribution is 7.99. The summed E-state index contributed by atoms with van der Waals surface area (Å²) in [6, 6.07) is 11.7. The van der Waals surface area contributed by atoms with Crippen LogP contribution in [0.5, 0.6) is 11.5 Å². The van der Waals surface area contributed by atoms with Crippen LogP contribution >= 0.6 is 24.4 Å². The monoisotopic (exact) mass is 322 g/mol. The summed E-state index contributed by atoms with van der Waals surface area (Å²) in [6.45, 7) is 0.00501. The molecule has 0 aliphatic rings. The zero-order chi connectivity index (χ0) is 15.2. The van der Waals surface area contributed by atoms with E-state index < -0.39 is 0 Å². The van der Waals surface area contributed by atoms with E-state index in [1.165, 1.54) is 0 Å². The summed E-state index contributed by atoms with van der Waals surface area (Å²) in [6.07, 6.45) is 0. The number of thiol groups is 1. The number of methoxy groups -OCH3 is 2. The van der Waals surface area contributed by atoms with E-state index in [4.69, 9.17) is 9.47 Å². The highest BCUT2D eigenvalue weighted by atomic mass is 32.2. The van der Waals surface area contributed by atoms with E-state index in [0.717, 1.165) is 32.4 Å². The molecule has 2 aromatic carbocycles. The van der Waals surface area contributed by atoms with Crippen LogP contribution in [0.3, 0.4) is 0 Å². The highest BCUT2D eigenvalue weighted by Gasteiger charge is 2.08. The number of hydrogen-bond donors (Lipinski definition) is 2. The molecule has 21 heavy (non-hydrogen) atoms. The Balaban J connectivity index is 2.33. The lowest BCUT2D eigenvalue weighted by molar-refractivity contribution is 0.279. The Labute approximate surface area is 134 Å². The molecule has 0 fully saturated rings. The van der Waals surface area contributed by atoms with Crippen LogP contribution in [0, 0.1) is 0 Å². The van der Waals surface area contributed by atoms with Crippen molar-refractivity contribution in [3.8, 4) is 11.5 Å². The van der Waals surface area contributed by atoms with Gasteiger partial charge in [0, 0.05) is 21.6 Å². The Bertz CT molecular complexity index is 592. The largest absolute Gasteiger partial charge is 0.497 e. The topological polar surface area (TPSA) is 38.7 Å². The summed E-state index contributed by atoms with van der Waals surface area (Å²) in [5, 5.41) is 9.53. The van der Waals surface area contributed by atoms with Gasteiger partial charge in [0.15, 0.2) is 0 Å². The molecule has 0 bridgehead atoms. The zero-order valence-corrected chi connectivity index (χ0v) is 13.7. The standard InChI is InChI=1S/C16H18O3S2/c1-18-13-6-14(19-2)8-15(7-13)21-16-4-3-11(10-20)5-12(16)9-17/h3-8,17,20H,9-10H2,1-2H3. The maximum Gasteiger partial charge on any atom is 0.123 e. The third-order valence-corrected chi connectivity index (χ3v) is 4.49. The van der Waals surface area contributed by atoms with E-state index in [0.29, 0.717) is 5.75 Å². The van der Waals surface area contributed by atoms with E-state index >= 15 is 0 Å². The first-order chi connectivity index (χ1) is 10.2. The summed E-state index contributed by atoms with van der Waals surface area (Å²) >= 11 is 5.83. The molecule has 0 saturated carbocycles. The average Bonchev–Trinajstić information content (AvgIpc) is 2.54. The molecular weight excluding hydrogens is 304 g/mol. The zero-order valence-electron chi connectivity index (χ0n) is 12.0. The van der Waals surface area contributed by atoms with Gasteiger partial charge in [0.2, 0.25) is 0 Å². The predicted molar refractivity (Wildman–Crippen MR) is 88.7 cm³/mol.